The summed E-state index contributed by atoms with van der Waals surface area (Å²) in [6.07, 6.45) is 0. The minimum absolute atomic E-state index is 0.0489. The van der Waals surface area contributed by atoms with Crippen LogP contribution in [-0.2, 0) is 10.0 Å². The summed E-state index contributed by atoms with van der Waals surface area (Å²) in [5, 5.41) is 1.36. The highest BCUT2D eigenvalue weighted by atomic mass is 35.5. The second-order valence-electron chi connectivity index (χ2n) is 1.99. The lowest BCUT2D eigenvalue weighted by atomic mass is 11.0. The van der Waals surface area contributed by atoms with Crippen molar-refractivity contribution in [3.8, 4) is 0 Å². The summed E-state index contributed by atoms with van der Waals surface area (Å²) < 4.78 is 21.6. The summed E-state index contributed by atoms with van der Waals surface area (Å²) in [5.74, 6) is 0.0654. The number of sulfonamides is 1. The molecule has 0 bridgehead atoms. The Morgan fingerprint density at radius 3 is 2.30 bits per heavy atom. The normalized spacial score (nSPS) is 12.4. The zero-order chi connectivity index (χ0) is 8.20. The standard InChI is InChI=1S/C4H11ClN2O2S/c1-7(2)6-10(8,9)4-3-5/h6H,3-4H2,1-2H3. The molecule has 0 radical (unpaired) electrons. The fraction of sp³-hybridized carbons (Fsp3) is 1.00. The van der Waals surface area contributed by atoms with Crippen LogP contribution in [-0.4, -0.2) is 39.2 Å². The molecule has 4 nitrogen and oxygen atoms in total. The van der Waals surface area contributed by atoms with Gasteiger partial charge in [0, 0.05) is 20.0 Å². The summed E-state index contributed by atoms with van der Waals surface area (Å²) >= 11 is 5.23. The van der Waals surface area contributed by atoms with Gasteiger partial charge in [-0.2, -0.15) is 0 Å². The van der Waals surface area contributed by atoms with Gasteiger partial charge in [0.1, 0.15) is 0 Å². The van der Waals surface area contributed by atoms with E-state index in [1.165, 1.54) is 5.01 Å². The van der Waals surface area contributed by atoms with Gasteiger partial charge in [-0.05, 0) is 0 Å². The smallest absolute Gasteiger partial charge is 0.225 e. The molecule has 0 spiro atoms. The summed E-state index contributed by atoms with van der Waals surface area (Å²) in [5.41, 5.74) is 0. The van der Waals surface area contributed by atoms with Crippen molar-refractivity contribution in [2.24, 2.45) is 0 Å². The molecular weight excluding hydrogens is 176 g/mol. The van der Waals surface area contributed by atoms with E-state index in [0.717, 1.165) is 0 Å². The second kappa shape index (κ2) is 4.12. The van der Waals surface area contributed by atoms with Crippen LogP contribution in [0.4, 0.5) is 0 Å². The molecule has 0 unspecified atom stereocenters. The highest BCUT2D eigenvalue weighted by Gasteiger charge is 2.08. The lowest BCUT2D eigenvalue weighted by Crippen LogP contribution is -2.37. The average molecular weight is 187 g/mol. The van der Waals surface area contributed by atoms with Crippen LogP contribution in [0.25, 0.3) is 0 Å². The summed E-state index contributed by atoms with van der Waals surface area (Å²) in [7, 11) is 0.0190. The average Bonchev–Trinajstić information content (AvgIpc) is 1.59. The van der Waals surface area contributed by atoms with Crippen LogP contribution in [0.3, 0.4) is 0 Å². The number of nitrogens with one attached hydrogen (secondary N) is 1. The lowest BCUT2D eigenvalue weighted by Gasteiger charge is -2.10. The fourth-order valence-corrected chi connectivity index (χ4v) is 1.89. The van der Waals surface area contributed by atoms with Gasteiger partial charge in [0.15, 0.2) is 0 Å². The summed E-state index contributed by atoms with van der Waals surface area (Å²) in [6.45, 7) is 0. The largest absolute Gasteiger partial charge is 0.237 e. The summed E-state index contributed by atoms with van der Waals surface area (Å²) in [6, 6.07) is 0. The van der Waals surface area contributed by atoms with Crippen LogP contribution < -0.4 is 4.83 Å². The lowest BCUT2D eigenvalue weighted by molar-refractivity contribution is 0.364. The molecule has 0 aromatic heterocycles. The third kappa shape index (κ3) is 4.99. The Labute approximate surface area is 66.2 Å². The first-order valence-corrected chi connectivity index (χ1v) is 4.90. The van der Waals surface area contributed by atoms with E-state index in [1.807, 2.05) is 0 Å². The van der Waals surface area contributed by atoms with Crippen molar-refractivity contribution < 1.29 is 8.42 Å². The van der Waals surface area contributed by atoms with Crippen LogP contribution in [0, 0.1) is 0 Å². The number of rotatable bonds is 4. The van der Waals surface area contributed by atoms with Crippen molar-refractivity contribution in [2.75, 3.05) is 25.7 Å². The Kier molecular flexibility index (Phi) is 4.19. The molecule has 0 aliphatic rings. The molecule has 0 rings (SSSR count). The van der Waals surface area contributed by atoms with E-state index in [4.69, 9.17) is 11.6 Å². The maximum atomic E-state index is 10.8. The molecule has 0 aliphatic carbocycles. The van der Waals surface area contributed by atoms with Crippen molar-refractivity contribution >= 4 is 21.6 Å². The van der Waals surface area contributed by atoms with Crippen molar-refractivity contribution in [1.82, 2.24) is 9.84 Å². The SMILES string of the molecule is CN(C)NS(=O)(=O)CCCl. The molecule has 0 amide bonds. The minimum Gasteiger partial charge on any atom is -0.237 e. The number of hydrogen-bond donors (Lipinski definition) is 1. The van der Waals surface area contributed by atoms with E-state index in [9.17, 15) is 8.42 Å². The topological polar surface area (TPSA) is 49.4 Å². The Morgan fingerprint density at radius 1 is 1.50 bits per heavy atom. The monoisotopic (exact) mass is 186 g/mol. The molecule has 0 aliphatic heterocycles. The van der Waals surface area contributed by atoms with Crippen LogP contribution in [0.5, 0.6) is 0 Å². The van der Waals surface area contributed by atoms with Crippen LogP contribution in [0.2, 0.25) is 0 Å². The van der Waals surface area contributed by atoms with Gasteiger partial charge in [0.05, 0.1) is 5.75 Å². The molecule has 0 aromatic carbocycles. The molecule has 10 heavy (non-hydrogen) atoms. The second-order valence-corrected chi connectivity index (χ2v) is 4.19. The minimum atomic E-state index is -3.19. The fourth-order valence-electron chi connectivity index (χ4n) is 0.425. The first kappa shape index (κ1) is 10.2. The molecule has 0 heterocycles. The zero-order valence-electron chi connectivity index (χ0n) is 5.96. The van der Waals surface area contributed by atoms with Crippen molar-refractivity contribution in [2.45, 2.75) is 0 Å². The van der Waals surface area contributed by atoms with Gasteiger partial charge in [-0.25, -0.2) is 13.4 Å². The van der Waals surface area contributed by atoms with Crippen LogP contribution in [0.1, 0.15) is 0 Å². The highest BCUT2D eigenvalue weighted by molar-refractivity contribution is 7.89. The van der Waals surface area contributed by atoms with E-state index in [-0.39, 0.29) is 11.6 Å². The third-order valence-electron chi connectivity index (χ3n) is 0.668. The van der Waals surface area contributed by atoms with Crippen LogP contribution in [0.15, 0.2) is 0 Å². The van der Waals surface area contributed by atoms with E-state index in [1.54, 1.807) is 14.1 Å². The van der Waals surface area contributed by atoms with Gasteiger partial charge in [-0.1, -0.05) is 0 Å². The Balaban J connectivity index is 3.89. The number of halogens is 1. The van der Waals surface area contributed by atoms with E-state index in [2.05, 4.69) is 4.83 Å². The molecule has 0 fully saturated rings. The third-order valence-corrected chi connectivity index (χ3v) is 2.47. The number of hydrazine groups is 1. The first-order chi connectivity index (χ1) is 4.48. The molecule has 6 heteroatoms. The molecule has 0 atom stereocenters. The van der Waals surface area contributed by atoms with E-state index in [0.29, 0.717) is 0 Å². The molecule has 0 saturated carbocycles. The first-order valence-electron chi connectivity index (χ1n) is 2.71. The maximum absolute atomic E-state index is 10.8. The van der Waals surface area contributed by atoms with Gasteiger partial charge in [-0.3, -0.25) is 0 Å². The molecule has 0 aromatic rings. The summed E-state index contributed by atoms with van der Waals surface area (Å²) in [4.78, 5) is 2.24. The number of hydrogen-bond acceptors (Lipinski definition) is 3. The maximum Gasteiger partial charge on any atom is 0.225 e. The van der Waals surface area contributed by atoms with Gasteiger partial charge in [0.2, 0.25) is 10.0 Å². The quantitative estimate of drug-likeness (QED) is 0.481. The molecule has 62 valence electrons. The predicted molar refractivity (Wildman–Crippen MR) is 41.3 cm³/mol. The Hall–Kier alpha value is 0.160. The molecular formula is C4H11ClN2O2S. The molecule has 0 saturated heterocycles. The van der Waals surface area contributed by atoms with E-state index >= 15 is 0 Å². The van der Waals surface area contributed by atoms with Gasteiger partial charge in [0.25, 0.3) is 0 Å². The highest BCUT2D eigenvalue weighted by Crippen LogP contribution is 1.86. The zero-order valence-corrected chi connectivity index (χ0v) is 7.54. The number of nitrogens with zero attached hydrogens (tertiary/aromatic N) is 1. The van der Waals surface area contributed by atoms with E-state index < -0.39 is 10.0 Å². The Morgan fingerprint density at radius 2 is 2.00 bits per heavy atom. The van der Waals surface area contributed by atoms with Crippen LogP contribution >= 0.6 is 11.6 Å². The van der Waals surface area contributed by atoms with Crippen molar-refractivity contribution in [1.29, 1.82) is 0 Å². The number of alkyl halides is 1. The van der Waals surface area contributed by atoms with Crippen molar-refractivity contribution in [3.63, 3.8) is 0 Å². The predicted octanol–water partition coefficient (Wildman–Crippen LogP) is -0.379. The van der Waals surface area contributed by atoms with Gasteiger partial charge >= 0.3 is 0 Å². The van der Waals surface area contributed by atoms with Gasteiger partial charge < -0.3 is 0 Å². The van der Waals surface area contributed by atoms with Gasteiger partial charge in [-0.15, -0.1) is 16.4 Å². The molecule has 1 N–H and O–H groups in total. The van der Waals surface area contributed by atoms with Crippen molar-refractivity contribution in [3.05, 3.63) is 0 Å². The Bertz CT molecular complexity index is 178.